The molecule has 0 atom stereocenters. The number of hydrogen-bond acceptors (Lipinski definition) is 3. The van der Waals surface area contributed by atoms with Gasteiger partial charge in [-0.05, 0) is 48.0 Å². The van der Waals surface area contributed by atoms with Crippen LogP contribution in [0.1, 0.15) is 54.9 Å². The summed E-state index contributed by atoms with van der Waals surface area (Å²) in [5, 5.41) is 0. The second kappa shape index (κ2) is 5.25. The maximum atomic E-state index is 6.08. The van der Waals surface area contributed by atoms with Crippen molar-refractivity contribution in [1.29, 1.82) is 0 Å². The zero-order valence-corrected chi connectivity index (χ0v) is 12.7. The Morgan fingerprint density at radius 2 is 1.35 bits per heavy atom. The monoisotopic (exact) mass is 242 g/mol. The molecule has 1 fully saturated rings. The third-order valence-corrected chi connectivity index (χ3v) is 3.31. The van der Waals surface area contributed by atoms with Crippen LogP contribution in [0.5, 0.6) is 0 Å². The van der Waals surface area contributed by atoms with Crippen molar-refractivity contribution >= 4 is 0 Å². The lowest BCUT2D eigenvalue weighted by molar-refractivity contribution is -0.158. The summed E-state index contributed by atoms with van der Waals surface area (Å²) in [5.41, 5.74) is 0.330. The van der Waals surface area contributed by atoms with E-state index in [0.717, 1.165) is 26.1 Å². The molecule has 0 saturated carbocycles. The summed E-state index contributed by atoms with van der Waals surface area (Å²) >= 11 is 0. The van der Waals surface area contributed by atoms with Gasteiger partial charge < -0.3 is 4.74 Å². The maximum absolute atomic E-state index is 6.08. The van der Waals surface area contributed by atoms with Gasteiger partial charge in [-0.15, -0.1) is 0 Å². The highest BCUT2D eigenvalue weighted by molar-refractivity contribution is 4.90. The molecule has 0 aromatic heterocycles. The molecule has 0 spiro atoms. The molecule has 1 saturated heterocycles. The summed E-state index contributed by atoms with van der Waals surface area (Å²) < 4.78 is 6.08. The number of rotatable bonds is 3. The largest absolute Gasteiger partial charge is 0.349 e. The summed E-state index contributed by atoms with van der Waals surface area (Å²) in [4.78, 5) is 4.93. The van der Waals surface area contributed by atoms with E-state index in [9.17, 15) is 0 Å². The molecule has 0 N–H and O–H groups in total. The Labute approximate surface area is 107 Å². The lowest BCUT2D eigenvalue weighted by atomic mass is 10.1. The Balaban J connectivity index is 2.82. The van der Waals surface area contributed by atoms with Crippen LogP contribution in [0.25, 0.3) is 0 Å². The van der Waals surface area contributed by atoms with E-state index in [0.29, 0.717) is 0 Å². The quantitative estimate of drug-likeness (QED) is 0.757. The van der Waals surface area contributed by atoms with Gasteiger partial charge >= 0.3 is 0 Å². The molecule has 0 unspecified atom stereocenters. The molecule has 3 heteroatoms. The first-order valence-electron chi connectivity index (χ1n) is 6.83. The van der Waals surface area contributed by atoms with E-state index in [4.69, 9.17) is 4.74 Å². The van der Waals surface area contributed by atoms with Crippen molar-refractivity contribution in [2.24, 2.45) is 0 Å². The minimum absolute atomic E-state index is 0.134. The number of nitrogens with zero attached hydrogens (tertiary/aromatic N) is 2. The molecule has 1 heterocycles. The Hall–Kier alpha value is -0.120. The van der Waals surface area contributed by atoms with Gasteiger partial charge in [-0.25, -0.2) is 0 Å². The Morgan fingerprint density at radius 3 is 1.65 bits per heavy atom. The average molecular weight is 242 g/mol. The van der Waals surface area contributed by atoms with Crippen molar-refractivity contribution in [2.75, 3.05) is 19.7 Å². The fourth-order valence-electron chi connectivity index (χ4n) is 2.34. The van der Waals surface area contributed by atoms with E-state index in [1.54, 1.807) is 0 Å². The van der Waals surface area contributed by atoms with Crippen molar-refractivity contribution in [2.45, 2.75) is 72.3 Å². The molecule has 0 aliphatic carbocycles. The van der Waals surface area contributed by atoms with Crippen molar-refractivity contribution in [3.05, 3.63) is 0 Å². The maximum Gasteiger partial charge on any atom is 0.169 e. The molecular weight excluding hydrogens is 212 g/mol. The molecule has 1 aliphatic heterocycles. The van der Waals surface area contributed by atoms with Crippen LogP contribution >= 0.6 is 0 Å². The predicted octanol–water partition coefficient (Wildman–Crippen LogP) is 2.91. The first-order valence-corrected chi connectivity index (χ1v) is 6.83. The Bertz CT molecular complexity index is 218. The molecule has 0 aromatic rings. The third-order valence-electron chi connectivity index (χ3n) is 3.31. The fraction of sp³-hybridized carbons (Fsp3) is 1.00. The van der Waals surface area contributed by atoms with Gasteiger partial charge in [-0.2, -0.15) is 0 Å². The number of hydrogen-bond donors (Lipinski definition) is 0. The van der Waals surface area contributed by atoms with Gasteiger partial charge in [0.1, 0.15) is 0 Å². The molecule has 0 aromatic carbocycles. The molecule has 3 nitrogen and oxygen atoms in total. The smallest absolute Gasteiger partial charge is 0.169 e. The van der Waals surface area contributed by atoms with Gasteiger partial charge in [0, 0.05) is 30.8 Å². The van der Waals surface area contributed by atoms with Crippen molar-refractivity contribution in [3.8, 4) is 0 Å². The summed E-state index contributed by atoms with van der Waals surface area (Å²) in [6.07, 6.45) is 1.21. The van der Waals surface area contributed by atoms with E-state index in [2.05, 4.69) is 58.3 Å². The summed E-state index contributed by atoms with van der Waals surface area (Å²) in [6.45, 7) is 18.8. The summed E-state index contributed by atoms with van der Waals surface area (Å²) in [6, 6.07) is 0. The van der Waals surface area contributed by atoms with Crippen LogP contribution < -0.4 is 0 Å². The van der Waals surface area contributed by atoms with Crippen molar-refractivity contribution in [1.82, 2.24) is 9.80 Å². The standard InChI is InChI=1S/C14H30N2O/c1-8-11-17-12-15(13(2,3)4)9-10-16(12)14(5,6)7/h12H,8-11H2,1-7H3. The second-order valence-corrected chi connectivity index (χ2v) is 6.93. The van der Waals surface area contributed by atoms with E-state index < -0.39 is 0 Å². The molecule has 1 aliphatic rings. The molecule has 0 bridgehead atoms. The van der Waals surface area contributed by atoms with Gasteiger partial charge in [0.25, 0.3) is 0 Å². The van der Waals surface area contributed by atoms with Crippen LogP contribution in [0.4, 0.5) is 0 Å². The first-order chi connectivity index (χ1) is 7.68. The zero-order valence-electron chi connectivity index (χ0n) is 12.7. The molecule has 0 amide bonds. The lowest BCUT2D eigenvalue weighted by Crippen LogP contribution is -2.54. The number of ether oxygens (including phenoxy) is 1. The van der Waals surface area contributed by atoms with Crippen molar-refractivity contribution < 1.29 is 4.74 Å². The van der Waals surface area contributed by atoms with Crippen LogP contribution in [-0.4, -0.2) is 46.9 Å². The minimum Gasteiger partial charge on any atom is -0.349 e. The normalized spacial score (nSPS) is 21.4. The van der Waals surface area contributed by atoms with Gasteiger partial charge in [0.2, 0.25) is 0 Å². The van der Waals surface area contributed by atoms with Crippen LogP contribution in [0.3, 0.4) is 0 Å². The topological polar surface area (TPSA) is 15.7 Å². The molecular formula is C14H30N2O. The molecule has 102 valence electrons. The molecule has 17 heavy (non-hydrogen) atoms. The minimum atomic E-state index is 0.134. The first kappa shape index (κ1) is 14.9. The van der Waals surface area contributed by atoms with Crippen LogP contribution in [0.2, 0.25) is 0 Å². The van der Waals surface area contributed by atoms with Crippen molar-refractivity contribution in [3.63, 3.8) is 0 Å². The van der Waals surface area contributed by atoms with Gasteiger partial charge in [-0.3, -0.25) is 9.80 Å². The third kappa shape index (κ3) is 3.67. The molecule has 1 rings (SSSR count). The molecule has 0 radical (unpaired) electrons. The van der Waals surface area contributed by atoms with Gasteiger partial charge in [-0.1, -0.05) is 6.92 Å². The fourth-order valence-corrected chi connectivity index (χ4v) is 2.34. The van der Waals surface area contributed by atoms with E-state index in [1.807, 2.05) is 0 Å². The summed E-state index contributed by atoms with van der Waals surface area (Å²) in [7, 11) is 0. The zero-order chi connectivity index (χ0) is 13.3. The van der Waals surface area contributed by atoms with Crippen LogP contribution in [0.15, 0.2) is 0 Å². The Morgan fingerprint density at radius 1 is 0.941 bits per heavy atom. The SMILES string of the molecule is CCCOC1N(C(C)(C)C)CCN1C(C)(C)C. The summed E-state index contributed by atoms with van der Waals surface area (Å²) in [5.74, 6) is 0. The van der Waals surface area contributed by atoms with Gasteiger partial charge in [0.05, 0.1) is 0 Å². The van der Waals surface area contributed by atoms with E-state index >= 15 is 0 Å². The second-order valence-electron chi connectivity index (χ2n) is 6.93. The Kier molecular flexibility index (Phi) is 4.61. The van der Waals surface area contributed by atoms with E-state index in [-0.39, 0.29) is 17.4 Å². The highest BCUT2D eigenvalue weighted by atomic mass is 16.5. The average Bonchev–Trinajstić information content (AvgIpc) is 2.56. The van der Waals surface area contributed by atoms with E-state index in [1.165, 1.54) is 0 Å². The van der Waals surface area contributed by atoms with Gasteiger partial charge in [0.15, 0.2) is 6.35 Å². The van der Waals surface area contributed by atoms with Crippen LogP contribution in [0, 0.1) is 0 Å². The highest BCUT2D eigenvalue weighted by Gasteiger charge is 2.42. The predicted molar refractivity (Wildman–Crippen MR) is 72.9 cm³/mol. The highest BCUT2D eigenvalue weighted by Crippen LogP contribution is 2.30. The lowest BCUT2D eigenvalue weighted by Gasteiger charge is -2.42. The van der Waals surface area contributed by atoms with Crippen LogP contribution in [-0.2, 0) is 4.74 Å².